The van der Waals surface area contributed by atoms with Gasteiger partial charge in [0.25, 0.3) is 0 Å². The Morgan fingerprint density at radius 1 is 0.938 bits per heavy atom. The fourth-order valence-electron chi connectivity index (χ4n) is 3.35. The lowest BCUT2D eigenvalue weighted by atomic mass is 9.85. The zero-order chi connectivity index (χ0) is 10.1. The van der Waals surface area contributed by atoms with Gasteiger partial charge >= 0.3 is 0 Å². The summed E-state index contributed by atoms with van der Waals surface area (Å²) in [7, 11) is 0. The molecule has 0 aliphatic carbocycles. The Balaban J connectivity index is 0.000000963. The van der Waals surface area contributed by atoms with Gasteiger partial charge in [0, 0.05) is 5.56 Å². The van der Waals surface area contributed by atoms with Crippen molar-refractivity contribution >= 4 is 0 Å². The molecule has 16 heavy (non-hydrogen) atoms. The van der Waals surface area contributed by atoms with Gasteiger partial charge in [-0.3, -0.25) is 0 Å². The van der Waals surface area contributed by atoms with Crippen LogP contribution in [-0.4, -0.2) is 29.6 Å². The fourth-order valence-corrected chi connectivity index (χ4v) is 3.35. The highest BCUT2D eigenvalue weighted by Crippen LogP contribution is 2.34. The highest BCUT2D eigenvalue weighted by Gasteiger charge is 2.39. The minimum Gasteiger partial charge on any atom is -0.870 e. The molecule has 3 aliphatic heterocycles. The molecule has 0 saturated carbocycles. The monoisotopic (exact) mass is 219 g/mol. The van der Waals surface area contributed by atoms with Crippen LogP contribution >= 0.6 is 0 Å². The summed E-state index contributed by atoms with van der Waals surface area (Å²) < 4.78 is 1.38. The molecule has 88 valence electrons. The molecule has 0 aromatic heterocycles. The third-order valence-electron chi connectivity index (χ3n) is 4.40. The van der Waals surface area contributed by atoms with Crippen LogP contribution in [0.4, 0.5) is 0 Å². The number of benzene rings is 1. The predicted octanol–water partition coefficient (Wildman–Crippen LogP) is 2.64. The number of hydrogen-bond acceptors (Lipinski definition) is 1. The first-order valence-corrected chi connectivity index (χ1v) is 6.25. The number of hydrogen-bond donors (Lipinski definition) is 0. The maximum Gasteiger partial charge on any atom is 0.104 e. The topological polar surface area (TPSA) is 30.0 Å². The fraction of sp³-hybridized carbons (Fsp3) is 0.571. The van der Waals surface area contributed by atoms with Crippen LogP contribution in [0.1, 0.15) is 24.8 Å². The third-order valence-corrected chi connectivity index (χ3v) is 4.40. The molecule has 0 spiro atoms. The zero-order valence-corrected chi connectivity index (χ0v) is 9.81. The molecule has 2 nitrogen and oxygen atoms in total. The van der Waals surface area contributed by atoms with E-state index in [1.807, 2.05) is 0 Å². The summed E-state index contributed by atoms with van der Waals surface area (Å²) in [6, 6.07) is 11.0. The summed E-state index contributed by atoms with van der Waals surface area (Å²) in [5.74, 6) is 1.07. The van der Waals surface area contributed by atoms with Gasteiger partial charge in [0.05, 0.1) is 19.6 Å². The van der Waals surface area contributed by atoms with Crippen molar-refractivity contribution in [3.8, 4) is 0 Å². The minimum absolute atomic E-state index is 0. The lowest BCUT2D eigenvalue weighted by molar-refractivity contribution is -0.955. The Bertz CT molecular complexity index is 314. The average molecular weight is 219 g/mol. The second-order valence-corrected chi connectivity index (χ2v) is 5.39. The second kappa shape index (κ2) is 4.56. The van der Waals surface area contributed by atoms with Crippen LogP contribution in [0.25, 0.3) is 0 Å². The molecule has 2 heteroatoms. The highest BCUT2D eigenvalue weighted by atomic mass is 16.0. The molecule has 4 rings (SSSR count). The predicted molar refractivity (Wildman–Crippen MR) is 64.3 cm³/mol. The second-order valence-electron chi connectivity index (χ2n) is 5.39. The van der Waals surface area contributed by atoms with E-state index >= 15 is 0 Å². The summed E-state index contributed by atoms with van der Waals surface area (Å²) >= 11 is 0. The van der Waals surface area contributed by atoms with E-state index in [0.29, 0.717) is 0 Å². The number of nitrogens with zero attached hydrogens (tertiary/aromatic N) is 1. The van der Waals surface area contributed by atoms with Crippen LogP contribution in [-0.2, 0) is 6.54 Å². The summed E-state index contributed by atoms with van der Waals surface area (Å²) in [6.07, 6.45) is 4.44. The summed E-state index contributed by atoms with van der Waals surface area (Å²) in [5, 5.41) is 0. The van der Waals surface area contributed by atoms with Crippen LogP contribution < -0.4 is 0 Å². The molecule has 3 saturated heterocycles. The lowest BCUT2D eigenvalue weighted by Crippen LogP contribution is -2.57. The smallest absolute Gasteiger partial charge is 0.104 e. The van der Waals surface area contributed by atoms with Gasteiger partial charge in [0.1, 0.15) is 6.54 Å². The first-order chi connectivity index (χ1) is 7.36. The van der Waals surface area contributed by atoms with Crippen LogP contribution in [0.3, 0.4) is 0 Å². The quantitative estimate of drug-likeness (QED) is 0.703. The molecule has 3 heterocycles. The molecule has 1 aromatic rings. The van der Waals surface area contributed by atoms with Crippen molar-refractivity contribution in [1.82, 2.24) is 0 Å². The van der Waals surface area contributed by atoms with Crippen LogP contribution in [0.5, 0.6) is 0 Å². The molecule has 0 amide bonds. The normalized spacial score (nSPS) is 32.1. The summed E-state index contributed by atoms with van der Waals surface area (Å²) in [4.78, 5) is 0. The largest absolute Gasteiger partial charge is 0.870 e. The van der Waals surface area contributed by atoms with Crippen LogP contribution in [0.2, 0.25) is 0 Å². The first-order valence-electron chi connectivity index (χ1n) is 6.25. The van der Waals surface area contributed by atoms with E-state index in [1.54, 1.807) is 0 Å². The van der Waals surface area contributed by atoms with E-state index < -0.39 is 0 Å². The molecule has 0 atom stereocenters. The maximum atomic E-state index is 2.29. The summed E-state index contributed by atoms with van der Waals surface area (Å²) in [5.41, 5.74) is 1.53. The molecule has 1 aromatic carbocycles. The zero-order valence-electron chi connectivity index (χ0n) is 9.81. The SMILES string of the molecule is [OH-].c1ccc(C[N+]23CCC(CC2)CC3)cc1. The van der Waals surface area contributed by atoms with Crippen LogP contribution in [0, 0.1) is 5.92 Å². The van der Waals surface area contributed by atoms with Gasteiger partial charge in [-0.25, -0.2) is 0 Å². The van der Waals surface area contributed by atoms with E-state index in [9.17, 15) is 0 Å². The number of piperidine rings is 3. The van der Waals surface area contributed by atoms with Gasteiger partial charge < -0.3 is 9.96 Å². The average Bonchev–Trinajstić information content (AvgIpc) is 2.32. The molecule has 0 radical (unpaired) electrons. The van der Waals surface area contributed by atoms with E-state index in [4.69, 9.17) is 0 Å². The number of quaternary nitrogens is 1. The van der Waals surface area contributed by atoms with Crippen molar-refractivity contribution in [2.24, 2.45) is 5.92 Å². The van der Waals surface area contributed by atoms with Gasteiger partial charge in [-0.15, -0.1) is 0 Å². The standard InChI is InChI=1S/C14H20N.H2O/c1-2-4-14(5-3-1)12-15-9-6-13(7-10-15)8-11-15;/h1-5,13H,6-12H2;1H2/q+1;/p-1. The van der Waals surface area contributed by atoms with E-state index in [2.05, 4.69) is 30.3 Å². The van der Waals surface area contributed by atoms with E-state index in [0.717, 1.165) is 5.92 Å². The van der Waals surface area contributed by atoms with Gasteiger partial charge in [0.2, 0.25) is 0 Å². The Labute approximate surface area is 97.8 Å². The number of rotatable bonds is 2. The molecule has 1 N–H and O–H groups in total. The Morgan fingerprint density at radius 3 is 2.06 bits per heavy atom. The Hall–Kier alpha value is -0.860. The van der Waals surface area contributed by atoms with Crippen molar-refractivity contribution < 1.29 is 9.96 Å². The van der Waals surface area contributed by atoms with Crippen molar-refractivity contribution in [2.75, 3.05) is 19.6 Å². The van der Waals surface area contributed by atoms with E-state index in [-0.39, 0.29) is 5.48 Å². The molecular weight excluding hydrogens is 198 g/mol. The van der Waals surface area contributed by atoms with Crippen molar-refractivity contribution in [3.63, 3.8) is 0 Å². The van der Waals surface area contributed by atoms with Crippen molar-refractivity contribution in [1.29, 1.82) is 0 Å². The first kappa shape index (κ1) is 11.6. The minimum atomic E-state index is 0. The maximum absolute atomic E-state index is 2.29. The number of fused-ring (bicyclic) bond motifs is 3. The summed E-state index contributed by atoms with van der Waals surface area (Å²) in [6.45, 7) is 5.56. The van der Waals surface area contributed by atoms with Gasteiger partial charge in [-0.2, -0.15) is 0 Å². The third kappa shape index (κ3) is 2.13. The molecule has 3 aliphatic rings. The van der Waals surface area contributed by atoms with Gasteiger partial charge in [-0.05, 0) is 25.2 Å². The Morgan fingerprint density at radius 2 is 1.50 bits per heavy atom. The van der Waals surface area contributed by atoms with Gasteiger partial charge in [0.15, 0.2) is 0 Å². The molecule has 2 bridgehead atoms. The van der Waals surface area contributed by atoms with Crippen molar-refractivity contribution in [2.45, 2.75) is 25.8 Å². The molecular formula is C14H21NO. The lowest BCUT2D eigenvalue weighted by Gasteiger charge is -2.49. The van der Waals surface area contributed by atoms with E-state index in [1.165, 1.54) is 55.5 Å². The Kier molecular flexibility index (Phi) is 3.31. The molecule has 3 fully saturated rings. The van der Waals surface area contributed by atoms with Crippen LogP contribution in [0.15, 0.2) is 30.3 Å². The van der Waals surface area contributed by atoms with Gasteiger partial charge in [-0.1, -0.05) is 30.3 Å². The highest BCUT2D eigenvalue weighted by molar-refractivity contribution is 5.13. The van der Waals surface area contributed by atoms with Crippen molar-refractivity contribution in [3.05, 3.63) is 35.9 Å². The molecule has 0 unspecified atom stereocenters.